The molecule has 0 radical (unpaired) electrons. The number of hydrogen-bond donors (Lipinski definition) is 6. The van der Waals surface area contributed by atoms with Crippen LogP contribution in [-0.2, 0) is 98.7 Å². The lowest BCUT2D eigenvalue weighted by Gasteiger charge is -2.22. The van der Waals surface area contributed by atoms with Crippen molar-refractivity contribution in [1.82, 2.24) is 36.6 Å². The van der Waals surface area contributed by atoms with Gasteiger partial charge in [-0.15, -0.1) is 22.7 Å². The van der Waals surface area contributed by atoms with Gasteiger partial charge in [0.1, 0.15) is 36.0 Å². The zero-order valence-corrected chi connectivity index (χ0v) is 79.0. The van der Waals surface area contributed by atoms with Gasteiger partial charge in [-0.3, -0.25) is 38.4 Å². The van der Waals surface area contributed by atoms with Crippen LogP contribution >= 0.6 is 101 Å². The highest BCUT2D eigenvalue weighted by molar-refractivity contribution is 14.1. The minimum atomic E-state index is -0.495. The molecule has 0 aliphatic carbocycles. The molecule has 6 aliphatic heterocycles. The van der Waals surface area contributed by atoms with E-state index in [0.29, 0.717) is 188 Å². The van der Waals surface area contributed by atoms with Crippen molar-refractivity contribution in [3.05, 3.63) is 101 Å². The summed E-state index contributed by atoms with van der Waals surface area (Å²) in [4.78, 5) is 131. The van der Waals surface area contributed by atoms with Crippen LogP contribution in [0.15, 0.2) is 79.5 Å². The highest BCUT2D eigenvalue weighted by Crippen LogP contribution is 2.41. The maximum Gasteiger partial charge on any atom is 0.331 e. The number of Topliss-reactive ketones (excluding diaryl/α,β-unsaturated/α-hetero) is 2. The average molecular weight is 1980 g/mol. The molecular formula is C86H127Br2IN8O18S4. The third-order valence-corrected chi connectivity index (χ3v) is 26.6. The largest absolute Gasteiger partial charge is 0.462 e. The van der Waals surface area contributed by atoms with E-state index < -0.39 is 24.1 Å². The topological polar surface area (TPSA) is 356 Å². The Morgan fingerprint density at radius 1 is 0.555 bits per heavy atom. The van der Waals surface area contributed by atoms with E-state index in [2.05, 4.69) is 88.0 Å². The number of nitrogens with one attached hydrogen (secondary N) is 5. The molecule has 0 aromatic carbocycles. The number of hydrogen-bond acceptors (Lipinski definition) is 26. The van der Waals surface area contributed by atoms with Crippen LogP contribution < -0.4 is 32.3 Å². The molecule has 26 nitrogen and oxygen atoms in total. The molecule has 4 saturated heterocycles. The van der Waals surface area contributed by atoms with E-state index in [9.17, 15) is 47.9 Å². The number of thioether (sulfide) groups is 2. The molecule has 14 atom stereocenters. The zero-order chi connectivity index (χ0) is 86.4. The summed E-state index contributed by atoms with van der Waals surface area (Å²) >= 11 is 15.9. The number of unbranched alkanes of at least 4 members (excludes halogenated alkanes) is 2. The molecule has 4 amide bonds. The van der Waals surface area contributed by atoms with Crippen molar-refractivity contribution in [1.29, 1.82) is 0 Å². The fraction of sp³-hybridized carbons (Fsp3) is 0.674. The van der Waals surface area contributed by atoms with Gasteiger partial charge in [0.15, 0.2) is 0 Å². The van der Waals surface area contributed by atoms with E-state index in [0.717, 1.165) is 98.0 Å². The molecule has 8 heterocycles. The highest BCUT2D eigenvalue weighted by atomic mass is 127. The summed E-state index contributed by atoms with van der Waals surface area (Å²) in [5.74, 6) is 2.43. The van der Waals surface area contributed by atoms with Crippen LogP contribution in [0.2, 0.25) is 0 Å². The van der Waals surface area contributed by atoms with Crippen LogP contribution in [0.4, 0.5) is 0 Å². The Kier molecular flexibility index (Phi) is 50.3. The first-order chi connectivity index (χ1) is 57.1. The second-order valence-corrected chi connectivity index (χ2v) is 39.1. The number of thiazole rings is 2. The number of nitrogens with two attached hydrogens (primary N) is 1. The standard InChI is InChI=1S/C43H63BrN4O9S2.C23H31BrN2O4S.C20H33IN2O5S/c1-28-9-7-13-41(52)57-35(21-30(3)44)24-40-47-36(27-59-40)29(2)20-33(23-42(53)56-31(4)19-28)46-25-34(49)10-8-15-54-17-18-55-16-14-45-38(50)12-6-5-11-37-43-32(26-58-37)22-39(51)48-43;1-14-6-5-7-22(27)30-19(10-16(3)24)12-21-26-20(13-31-21)15(2)9-18(25)11-23(28)29-17(4)8-14;21-13-16(24)4-3-8-27-10-11-28-9-7-22-18(25)6-2-1-5-17-20-15(14-29-17)12-19(26)23-20/h7,9,13,21,27,29,31-33,35,37,43,46H,5-6,8,10-12,14-20,22-26H2,1-4H3,(H,45,50)(H,48,51);5-7,10,13,15,17-19H,8-9,11-12,25H2,1-4H3;15,17,20H,1-14H2,(H,22,25)(H,23,26)/b13-7-,28-9+,30-21+;7-5-,14-6+,16-10+;/t29-,31-,32-,33?,35+,37-,43-;15-,17-,18+,19+;15-,17-,20-/m000/s1. The fourth-order valence-electron chi connectivity index (χ4n) is 14.5. The summed E-state index contributed by atoms with van der Waals surface area (Å²) in [6.45, 7) is 20.1. The van der Waals surface area contributed by atoms with Crippen LogP contribution in [0.1, 0.15) is 217 Å². The van der Waals surface area contributed by atoms with Gasteiger partial charge in [-0.25, -0.2) is 19.6 Å². The number of allylic oxidation sites excluding steroid dienone is 6. The second kappa shape index (κ2) is 58.2. The van der Waals surface area contributed by atoms with Gasteiger partial charge < -0.3 is 70.2 Å². The van der Waals surface area contributed by atoms with Crippen LogP contribution in [0.25, 0.3) is 0 Å². The van der Waals surface area contributed by atoms with Crippen molar-refractivity contribution in [2.45, 2.75) is 268 Å². The van der Waals surface area contributed by atoms with Gasteiger partial charge in [0.25, 0.3) is 0 Å². The number of ketones is 2. The summed E-state index contributed by atoms with van der Waals surface area (Å²) in [6, 6.07) is 0.0524. The van der Waals surface area contributed by atoms with E-state index in [1.54, 1.807) is 12.2 Å². The van der Waals surface area contributed by atoms with Gasteiger partial charge in [0.05, 0.1) is 84.9 Å². The number of nitrogens with zero attached hydrogens (tertiary/aromatic N) is 2. The molecule has 2 aromatic heterocycles. The molecule has 0 spiro atoms. The molecule has 7 N–H and O–H groups in total. The number of esters is 4. The molecule has 1 unspecified atom stereocenters. The van der Waals surface area contributed by atoms with Gasteiger partial charge in [-0.2, -0.15) is 23.5 Å². The SMILES string of the molecule is C/C(Br)=C\[C@@H]1Cc2nc(cs2)[C@@H](C)CC(NCC(=O)CCCOCCOCCNC(=O)CCCC[C@@H]2SC[C@@H]3CC(=O)N[C@@H]32)CC(=O)O[C@@H](C)C/C(C)=C/C=C\C(=O)O1.C/C(Br)=C\[C@@H]1Cc2nc(cs2)[C@@H](C)C[C@@H](N)CC(=O)O[C@@H](C)C/C(C)=C/C=C\C(=O)O1.O=C(CI)CCCOCCOCCNC(=O)CCCC[C@@H]1SC[C@@H]2CC(=O)N[C@@H]21. The number of aromatic nitrogens is 2. The predicted molar refractivity (Wildman–Crippen MR) is 484 cm³/mol. The third-order valence-electron chi connectivity index (χ3n) is 20.3. The predicted octanol–water partition coefficient (Wildman–Crippen LogP) is 13.3. The van der Waals surface area contributed by atoms with Gasteiger partial charge in [0.2, 0.25) is 23.6 Å². The van der Waals surface area contributed by atoms with Crippen LogP contribution in [-0.4, -0.2) is 217 Å². The van der Waals surface area contributed by atoms with E-state index >= 15 is 0 Å². The molecule has 2 aromatic rings. The summed E-state index contributed by atoms with van der Waals surface area (Å²) in [7, 11) is 0. The van der Waals surface area contributed by atoms with Gasteiger partial charge in [0, 0.05) is 160 Å². The Balaban J connectivity index is 0.000000307. The maximum atomic E-state index is 13.1. The lowest BCUT2D eigenvalue weighted by atomic mass is 9.96. The summed E-state index contributed by atoms with van der Waals surface area (Å²) in [5.41, 5.74) is 9.94. The summed E-state index contributed by atoms with van der Waals surface area (Å²) in [6.07, 6.45) is 25.7. The third kappa shape index (κ3) is 43.9. The van der Waals surface area contributed by atoms with Crippen molar-refractivity contribution in [3.63, 3.8) is 0 Å². The lowest BCUT2D eigenvalue weighted by Crippen LogP contribution is -2.37. The van der Waals surface area contributed by atoms with Crippen molar-refractivity contribution in [3.8, 4) is 0 Å². The normalized spacial score (nSPS) is 27.0. The monoisotopic (exact) mass is 1970 g/mol. The number of cyclic esters (lactones) is 4. The highest BCUT2D eigenvalue weighted by Gasteiger charge is 2.44. The Morgan fingerprint density at radius 3 is 1.45 bits per heavy atom. The number of amides is 4. The first-order valence-corrected chi connectivity index (χ1v) is 48.8. The van der Waals surface area contributed by atoms with Crippen LogP contribution in [0, 0.1) is 11.8 Å². The Labute approximate surface area is 750 Å². The van der Waals surface area contributed by atoms with Crippen molar-refractivity contribution >= 4 is 160 Å². The number of fused-ring (bicyclic) bond motifs is 6. The first-order valence-electron chi connectivity index (χ1n) is 41.8. The molecule has 664 valence electrons. The molecule has 4 fully saturated rings. The number of carbonyl (C=O) groups is 10. The van der Waals surface area contributed by atoms with Gasteiger partial charge >= 0.3 is 23.9 Å². The molecule has 33 heteroatoms. The molecule has 0 saturated carbocycles. The first kappa shape index (κ1) is 103. The van der Waals surface area contributed by atoms with Gasteiger partial charge in [-0.1, -0.05) is 117 Å². The summed E-state index contributed by atoms with van der Waals surface area (Å²) < 4.78 is 47.0. The number of alkyl halides is 1. The minimum Gasteiger partial charge on any atom is -0.462 e. The van der Waals surface area contributed by atoms with E-state index in [1.165, 1.54) is 34.8 Å². The van der Waals surface area contributed by atoms with Crippen molar-refractivity contribution in [2.24, 2.45) is 17.6 Å². The Bertz CT molecular complexity index is 3720. The molecular weight excluding hydrogens is 1850 g/mol. The number of rotatable bonds is 36. The lowest BCUT2D eigenvalue weighted by molar-refractivity contribution is -0.149. The van der Waals surface area contributed by atoms with E-state index in [1.807, 2.05) is 107 Å². The molecule has 119 heavy (non-hydrogen) atoms. The number of halogens is 3. The van der Waals surface area contributed by atoms with Crippen molar-refractivity contribution in [2.75, 3.05) is 88.4 Å². The zero-order valence-electron chi connectivity index (χ0n) is 70.4. The Hall–Kier alpha value is -5.05. The average Bonchev–Trinajstić information content (AvgIpc) is 1.67. The maximum absolute atomic E-state index is 13.1. The second-order valence-electron chi connectivity index (χ2n) is 31.4. The summed E-state index contributed by atoms with van der Waals surface area (Å²) in [5, 5.41) is 22.0. The fourth-order valence-corrected chi connectivity index (χ4v) is 20.7. The van der Waals surface area contributed by atoms with Crippen molar-refractivity contribution < 1.29 is 85.8 Å². The van der Waals surface area contributed by atoms with Crippen LogP contribution in [0.5, 0.6) is 0 Å². The number of ether oxygens (including phenoxy) is 8. The minimum absolute atomic E-state index is 0.0155. The van der Waals surface area contributed by atoms with E-state index in [-0.39, 0.29) is 103 Å². The smallest absolute Gasteiger partial charge is 0.331 e. The molecule has 6 aliphatic rings. The van der Waals surface area contributed by atoms with Gasteiger partial charge in [-0.05, 0) is 137 Å². The number of carbonyl (C=O) groups excluding carboxylic acids is 10. The Morgan fingerprint density at radius 2 is 0.992 bits per heavy atom. The molecule has 4 bridgehead atoms. The van der Waals surface area contributed by atoms with Crippen LogP contribution in [0.3, 0.4) is 0 Å². The quantitative estimate of drug-likeness (QED) is 0.0121. The van der Waals surface area contributed by atoms with E-state index in [4.69, 9.17) is 53.6 Å². The molecule has 8 rings (SSSR count).